The van der Waals surface area contributed by atoms with Gasteiger partial charge in [-0.25, -0.2) is 0 Å². The summed E-state index contributed by atoms with van der Waals surface area (Å²) < 4.78 is 0. The summed E-state index contributed by atoms with van der Waals surface area (Å²) in [4.78, 5) is 0. The minimum Gasteiger partial charge on any atom is -0.193 e. The van der Waals surface area contributed by atoms with Crippen LogP contribution in [0.15, 0.2) is 48.6 Å². The Morgan fingerprint density at radius 2 is 1.41 bits per heavy atom. The third kappa shape index (κ3) is 1.75. The van der Waals surface area contributed by atoms with Gasteiger partial charge in [0.05, 0.1) is 12.1 Å². The Kier molecular flexibility index (Phi) is 2.81. The lowest BCUT2D eigenvalue weighted by atomic mass is 9.92. The van der Waals surface area contributed by atoms with Crippen LogP contribution in [0.1, 0.15) is 29.4 Å². The minimum absolute atomic E-state index is 0.0336. The number of nitrogens with zero attached hydrogens (tertiary/aromatic N) is 2. The molecule has 2 atom stereocenters. The molecule has 0 heterocycles. The quantitative estimate of drug-likeness (QED) is 0.717. The fourth-order valence-electron chi connectivity index (χ4n) is 2.45. The van der Waals surface area contributed by atoms with Crippen LogP contribution in [0, 0.1) is 22.7 Å². The summed E-state index contributed by atoms with van der Waals surface area (Å²) in [6, 6.07) is 12.2. The van der Waals surface area contributed by atoms with Gasteiger partial charge in [-0.2, -0.15) is 10.5 Å². The van der Waals surface area contributed by atoms with Gasteiger partial charge < -0.3 is 0 Å². The Balaban J connectivity index is 2.48. The van der Waals surface area contributed by atoms with Crippen molar-refractivity contribution < 1.29 is 0 Å². The lowest BCUT2D eigenvalue weighted by molar-refractivity contribution is 0.720. The second-order valence-corrected chi connectivity index (χ2v) is 4.24. The molecule has 1 aliphatic rings. The molecule has 1 aromatic carbocycles. The molecule has 0 saturated carbocycles. The van der Waals surface area contributed by atoms with Crippen molar-refractivity contribution in [2.45, 2.75) is 18.3 Å². The molecule has 2 heteroatoms. The van der Waals surface area contributed by atoms with E-state index in [0.29, 0.717) is 11.1 Å². The van der Waals surface area contributed by atoms with E-state index in [-0.39, 0.29) is 11.8 Å². The monoisotopic (exact) mass is 220 g/mol. The van der Waals surface area contributed by atoms with Gasteiger partial charge >= 0.3 is 0 Å². The minimum atomic E-state index is 0.0336. The Morgan fingerprint density at radius 3 is 1.76 bits per heavy atom. The van der Waals surface area contributed by atoms with E-state index in [1.54, 1.807) is 0 Å². The predicted octanol–water partition coefficient (Wildman–Crippen LogP) is 3.42. The SMILES string of the molecule is C=C(C#N)C1CC(C(=C)C#N)c2ccccc21. The molecule has 0 saturated heterocycles. The van der Waals surface area contributed by atoms with Gasteiger partial charge in [0.15, 0.2) is 0 Å². The zero-order valence-electron chi connectivity index (χ0n) is 9.48. The molecule has 17 heavy (non-hydrogen) atoms. The van der Waals surface area contributed by atoms with Crippen molar-refractivity contribution in [3.63, 3.8) is 0 Å². The average molecular weight is 220 g/mol. The predicted molar refractivity (Wildman–Crippen MR) is 66.0 cm³/mol. The van der Waals surface area contributed by atoms with Crippen molar-refractivity contribution in [1.82, 2.24) is 0 Å². The van der Waals surface area contributed by atoms with Crippen LogP contribution < -0.4 is 0 Å². The first-order valence-electron chi connectivity index (χ1n) is 5.45. The molecular weight excluding hydrogens is 208 g/mol. The van der Waals surface area contributed by atoms with Crippen molar-refractivity contribution in [2.24, 2.45) is 0 Å². The molecule has 0 aromatic heterocycles. The van der Waals surface area contributed by atoms with Crippen LogP contribution in [0.5, 0.6) is 0 Å². The third-order valence-electron chi connectivity index (χ3n) is 3.35. The molecular formula is C15H12N2. The van der Waals surface area contributed by atoms with Crippen LogP contribution in [-0.4, -0.2) is 0 Å². The van der Waals surface area contributed by atoms with Crippen LogP contribution >= 0.6 is 0 Å². The van der Waals surface area contributed by atoms with Gasteiger partial charge in [0.2, 0.25) is 0 Å². The van der Waals surface area contributed by atoms with Crippen molar-refractivity contribution in [3.8, 4) is 12.1 Å². The highest BCUT2D eigenvalue weighted by atomic mass is 14.4. The Morgan fingerprint density at radius 1 is 1.00 bits per heavy atom. The van der Waals surface area contributed by atoms with Gasteiger partial charge in [-0.3, -0.25) is 0 Å². The van der Waals surface area contributed by atoms with Crippen molar-refractivity contribution in [1.29, 1.82) is 10.5 Å². The standard InChI is InChI=1S/C15H12N2/c1-10(8-16)14-7-15(11(2)9-17)13-6-4-3-5-12(13)14/h3-6,14-15H,1-2,7H2. The van der Waals surface area contributed by atoms with E-state index < -0.39 is 0 Å². The normalized spacial score (nSPS) is 21.1. The Labute approximate surface area is 101 Å². The summed E-state index contributed by atoms with van der Waals surface area (Å²) in [6.45, 7) is 7.60. The molecule has 0 bridgehead atoms. The number of nitriles is 2. The highest BCUT2D eigenvalue weighted by molar-refractivity contribution is 5.50. The fraction of sp³-hybridized carbons (Fsp3) is 0.200. The molecule has 1 aromatic rings. The molecule has 0 spiro atoms. The second-order valence-electron chi connectivity index (χ2n) is 4.24. The van der Waals surface area contributed by atoms with E-state index in [1.807, 2.05) is 24.3 Å². The van der Waals surface area contributed by atoms with Crippen LogP contribution in [0.4, 0.5) is 0 Å². The van der Waals surface area contributed by atoms with E-state index in [1.165, 1.54) is 0 Å². The van der Waals surface area contributed by atoms with Gasteiger partial charge in [0, 0.05) is 23.0 Å². The van der Waals surface area contributed by atoms with Crippen molar-refractivity contribution in [2.75, 3.05) is 0 Å². The summed E-state index contributed by atoms with van der Waals surface area (Å²) in [7, 11) is 0. The number of rotatable bonds is 2. The zero-order valence-corrected chi connectivity index (χ0v) is 9.48. The molecule has 2 unspecified atom stereocenters. The van der Waals surface area contributed by atoms with E-state index in [9.17, 15) is 0 Å². The molecule has 82 valence electrons. The second kappa shape index (κ2) is 4.28. The molecule has 0 aliphatic heterocycles. The van der Waals surface area contributed by atoms with Crippen molar-refractivity contribution >= 4 is 0 Å². The summed E-state index contributed by atoms with van der Waals surface area (Å²) in [6.07, 6.45) is 0.734. The summed E-state index contributed by atoms with van der Waals surface area (Å²) in [5, 5.41) is 17.9. The van der Waals surface area contributed by atoms with E-state index in [0.717, 1.165) is 17.5 Å². The molecule has 1 aliphatic carbocycles. The number of allylic oxidation sites excluding steroid dienone is 2. The molecule has 2 rings (SSSR count). The van der Waals surface area contributed by atoms with E-state index >= 15 is 0 Å². The van der Waals surface area contributed by atoms with Crippen LogP contribution in [0.2, 0.25) is 0 Å². The molecule has 0 amide bonds. The van der Waals surface area contributed by atoms with Crippen LogP contribution in [0.25, 0.3) is 0 Å². The van der Waals surface area contributed by atoms with Crippen molar-refractivity contribution in [3.05, 3.63) is 59.7 Å². The summed E-state index contributed by atoms with van der Waals surface area (Å²) in [5.74, 6) is 0.0672. The van der Waals surface area contributed by atoms with Crippen LogP contribution in [-0.2, 0) is 0 Å². The maximum absolute atomic E-state index is 8.97. The smallest absolute Gasteiger partial charge is 0.0947 e. The lowest BCUT2D eigenvalue weighted by Gasteiger charge is -2.08. The van der Waals surface area contributed by atoms with Gasteiger partial charge in [-0.1, -0.05) is 37.4 Å². The summed E-state index contributed by atoms with van der Waals surface area (Å²) >= 11 is 0. The maximum atomic E-state index is 8.97. The fourth-order valence-corrected chi connectivity index (χ4v) is 2.45. The molecule has 0 radical (unpaired) electrons. The number of benzene rings is 1. The zero-order chi connectivity index (χ0) is 12.4. The maximum Gasteiger partial charge on any atom is 0.0947 e. The Bertz CT molecular complexity index is 518. The van der Waals surface area contributed by atoms with Gasteiger partial charge in [0.1, 0.15) is 0 Å². The molecule has 2 nitrogen and oxygen atoms in total. The van der Waals surface area contributed by atoms with Gasteiger partial charge in [-0.15, -0.1) is 0 Å². The largest absolute Gasteiger partial charge is 0.193 e. The van der Waals surface area contributed by atoms with Gasteiger partial charge in [-0.05, 0) is 17.5 Å². The average Bonchev–Trinajstić information content (AvgIpc) is 2.76. The first kappa shape index (κ1) is 11.2. The van der Waals surface area contributed by atoms with E-state index in [4.69, 9.17) is 10.5 Å². The third-order valence-corrected chi connectivity index (χ3v) is 3.35. The van der Waals surface area contributed by atoms with E-state index in [2.05, 4.69) is 25.3 Å². The topological polar surface area (TPSA) is 47.6 Å². The highest BCUT2D eigenvalue weighted by Crippen LogP contribution is 2.47. The number of hydrogen-bond acceptors (Lipinski definition) is 2. The Hall–Kier alpha value is -2.32. The number of hydrogen-bond donors (Lipinski definition) is 0. The van der Waals surface area contributed by atoms with Gasteiger partial charge in [0.25, 0.3) is 0 Å². The van der Waals surface area contributed by atoms with Crippen LogP contribution in [0.3, 0.4) is 0 Å². The first-order chi connectivity index (χ1) is 8.19. The summed E-state index contributed by atoms with van der Waals surface area (Å²) in [5.41, 5.74) is 3.34. The molecule has 0 fully saturated rings. The molecule has 0 N–H and O–H groups in total. The highest BCUT2D eigenvalue weighted by Gasteiger charge is 2.33. The lowest BCUT2D eigenvalue weighted by Crippen LogP contribution is -1.97. The number of fused-ring (bicyclic) bond motifs is 1. The first-order valence-corrected chi connectivity index (χ1v) is 5.45.